The molecule has 0 radical (unpaired) electrons. The van der Waals surface area contributed by atoms with Gasteiger partial charge in [-0.3, -0.25) is 9.59 Å². The monoisotopic (exact) mass is 350 g/mol. The normalized spacial score (nSPS) is 21.4. The zero-order valence-corrected chi connectivity index (χ0v) is 13.6. The molecule has 1 heterocycles. The SMILES string of the molecule is Cc1cccc(C(=O)N2CCCC2C(=O)NC2CC2)c1Br. The van der Waals surface area contributed by atoms with E-state index in [1.165, 1.54) is 0 Å². The minimum absolute atomic E-state index is 0.00660. The number of nitrogens with one attached hydrogen (secondary N) is 1. The van der Waals surface area contributed by atoms with E-state index in [9.17, 15) is 9.59 Å². The summed E-state index contributed by atoms with van der Waals surface area (Å²) in [7, 11) is 0. The summed E-state index contributed by atoms with van der Waals surface area (Å²) in [4.78, 5) is 26.7. The van der Waals surface area contributed by atoms with Crippen LogP contribution in [0.15, 0.2) is 22.7 Å². The van der Waals surface area contributed by atoms with Gasteiger partial charge in [0.05, 0.1) is 5.56 Å². The maximum absolute atomic E-state index is 12.8. The molecule has 1 aromatic rings. The fraction of sp³-hybridized carbons (Fsp3) is 0.500. The quantitative estimate of drug-likeness (QED) is 0.910. The predicted molar refractivity (Wildman–Crippen MR) is 84.1 cm³/mol. The molecule has 0 bridgehead atoms. The van der Waals surface area contributed by atoms with E-state index in [2.05, 4.69) is 21.2 Å². The second-order valence-electron chi connectivity index (χ2n) is 5.88. The number of hydrogen-bond acceptors (Lipinski definition) is 2. The predicted octanol–water partition coefficient (Wildman–Crippen LogP) is 2.64. The van der Waals surface area contributed by atoms with Crippen molar-refractivity contribution >= 4 is 27.7 Å². The van der Waals surface area contributed by atoms with Crippen LogP contribution in [0.3, 0.4) is 0 Å². The first-order valence-corrected chi connectivity index (χ1v) is 8.23. The Bertz CT molecular complexity index is 584. The second-order valence-corrected chi connectivity index (χ2v) is 6.67. The summed E-state index contributed by atoms with van der Waals surface area (Å²) >= 11 is 3.49. The lowest BCUT2D eigenvalue weighted by Crippen LogP contribution is -2.46. The molecule has 1 unspecified atom stereocenters. The highest BCUT2D eigenvalue weighted by molar-refractivity contribution is 9.10. The summed E-state index contributed by atoms with van der Waals surface area (Å²) in [6, 6.07) is 5.67. The van der Waals surface area contributed by atoms with Gasteiger partial charge in [0.2, 0.25) is 5.91 Å². The number of aryl methyl sites for hydroxylation is 1. The maximum atomic E-state index is 12.8. The van der Waals surface area contributed by atoms with Crippen LogP contribution in [0.5, 0.6) is 0 Å². The van der Waals surface area contributed by atoms with Crippen LogP contribution in [0, 0.1) is 6.92 Å². The summed E-state index contributed by atoms with van der Waals surface area (Å²) in [5.74, 6) is -0.0499. The van der Waals surface area contributed by atoms with Crippen LogP contribution in [-0.2, 0) is 4.79 Å². The van der Waals surface area contributed by atoms with Gasteiger partial charge in [-0.1, -0.05) is 12.1 Å². The molecular formula is C16H19BrN2O2. The largest absolute Gasteiger partial charge is 0.352 e. The van der Waals surface area contributed by atoms with Gasteiger partial charge in [-0.15, -0.1) is 0 Å². The molecule has 2 fully saturated rings. The highest BCUT2D eigenvalue weighted by atomic mass is 79.9. The molecule has 1 atom stereocenters. The summed E-state index contributed by atoms with van der Waals surface area (Å²) in [5, 5.41) is 3.01. The Hall–Kier alpha value is -1.36. The molecular weight excluding hydrogens is 332 g/mol. The average Bonchev–Trinajstić information content (AvgIpc) is 3.14. The molecule has 1 saturated heterocycles. The van der Waals surface area contributed by atoms with Crippen molar-refractivity contribution in [3.8, 4) is 0 Å². The molecule has 112 valence electrons. The molecule has 2 aliphatic rings. The van der Waals surface area contributed by atoms with Gasteiger partial charge in [0.25, 0.3) is 5.91 Å². The van der Waals surface area contributed by atoms with Gasteiger partial charge in [0.15, 0.2) is 0 Å². The molecule has 3 rings (SSSR count). The fourth-order valence-electron chi connectivity index (χ4n) is 2.77. The van der Waals surface area contributed by atoms with Crippen molar-refractivity contribution in [1.82, 2.24) is 10.2 Å². The lowest BCUT2D eigenvalue weighted by molar-refractivity contribution is -0.125. The summed E-state index contributed by atoms with van der Waals surface area (Å²) in [6.07, 6.45) is 3.78. The Kier molecular flexibility index (Phi) is 4.02. The van der Waals surface area contributed by atoms with E-state index in [1.807, 2.05) is 25.1 Å². The summed E-state index contributed by atoms with van der Waals surface area (Å²) in [6.45, 7) is 2.62. The van der Waals surface area contributed by atoms with E-state index in [1.54, 1.807) is 4.90 Å². The highest BCUT2D eigenvalue weighted by Crippen LogP contribution is 2.27. The third-order valence-corrected chi connectivity index (χ3v) is 5.21. The third-order valence-electron chi connectivity index (χ3n) is 4.16. The Morgan fingerprint density at radius 1 is 1.29 bits per heavy atom. The van der Waals surface area contributed by atoms with Crippen molar-refractivity contribution < 1.29 is 9.59 Å². The molecule has 5 heteroatoms. The third kappa shape index (κ3) is 2.98. The zero-order chi connectivity index (χ0) is 15.0. The molecule has 21 heavy (non-hydrogen) atoms. The van der Waals surface area contributed by atoms with Crippen molar-refractivity contribution in [3.05, 3.63) is 33.8 Å². The molecule has 1 aromatic carbocycles. The van der Waals surface area contributed by atoms with E-state index in [0.717, 1.165) is 35.7 Å². The number of nitrogens with zero attached hydrogens (tertiary/aromatic N) is 1. The van der Waals surface area contributed by atoms with Gasteiger partial charge in [-0.2, -0.15) is 0 Å². The molecule has 1 aliphatic heterocycles. The number of halogens is 1. The summed E-state index contributed by atoms with van der Waals surface area (Å²) in [5.41, 5.74) is 1.67. The van der Waals surface area contributed by atoms with Gasteiger partial charge in [0.1, 0.15) is 6.04 Å². The lowest BCUT2D eigenvalue weighted by Gasteiger charge is -2.24. The van der Waals surface area contributed by atoms with Gasteiger partial charge < -0.3 is 10.2 Å². The summed E-state index contributed by atoms with van der Waals surface area (Å²) < 4.78 is 0.822. The van der Waals surface area contributed by atoms with E-state index in [-0.39, 0.29) is 17.9 Å². The van der Waals surface area contributed by atoms with Crippen molar-refractivity contribution in [2.24, 2.45) is 0 Å². The standard InChI is InChI=1S/C16H19BrN2O2/c1-10-4-2-5-12(14(10)17)16(21)19-9-3-6-13(19)15(20)18-11-7-8-11/h2,4-5,11,13H,3,6-9H2,1H3,(H,18,20). The fourth-order valence-corrected chi connectivity index (χ4v) is 3.21. The Balaban J connectivity index is 1.79. The number of hydrogen-bond donors (Lipinski definition) is 1. The first kappa shape index (κ1) is 14.6. The Morgan fingerprint density at radius 3 is 2.76 bits per heavy atom. The molecule has 1 saturated carbocycles. The van der Waals surface area contributed by atoms with Gasteiger partial charge in [0, 0.05) is 17.1 Å². The minimum atomic E-state index is -0.314. The van der Waals surface area contributed by atoms with Crippen molar-refractivity contribution in [2.45, 2.75) is 44.7 Å². The highest BCUT2D eigenvalue weighted by Gasteiger charge is 2.37. The van der Waals surface area contributed by atoms with Gasteiger partial charge in [-0.05, 0) is 60.2 Å². The van der Waals surface area contributed by atoms with Crippen LogP contribution in [-0.4, -0.2) is 35.3 Å². The number of rotatable bonds is 3. The zero-order valence-electron chi connectivity index (χ0n) is 12.1. The number of likely N-dealkylation sites (tertiary alicyclic amines) is 1. The van der Waals surface area contributed by atoms with Crippen LogP contribution in [0.2, 0.25) is 0 Å². The minimum Gasteiger partial charge on any atom is -0.352 e. The maximum Gasteiger partial charge on any atom is 0.255 e. The number of amides is 2. The molecule has 1 aliphatic carbocycles. The van der Waals surface area contributed by atoms with Gasteiger partial charge >= 0.3 is 0 Å². The second kappa shape index (κ2) is 5.79. The van der Waals surface area contributed by atoms with Crippen LogP contribution in [0.4, 0.5) is 0 Å². The van der Waals surface area contributed by atoms with Crippen LogP contribution < -0.4 is 5.32 Å². The van der Waals surface area contributed by atoms with Crippen LogP contribution in [0.25, 0.3) is 0 Å². The van der Waals surface area contributed by atoms with E-state index < -0.39 is 0 Å². The van der Waals surface area contributed by atoms with Crippen molar-refractivity contribution in [1.29, 1.82) is 0 Å². The average molecular weight is 351 g/mol. The molecule has 2 amide bonds. The lowest BCUT2D eigenvalue weighted by atomic mass is 10.1. The Labute approximate surface area is 133 Å². The first-order valence-electron chi connectivity index (χ1n) is 7.44. The topological polar surface area (TPSA) is 49.4 Å². The van der Waals surface area contributed by atoms with Crippen molar-refractivity contribution in [3.63, 3.8) is 0 Å². The first-order chi connectivity index (χ1) is 10.1. The molecule has 4 nitrogen and oxygen atoms in total. The molecule has 1 N–H and O–H groups in total. The van der Waals surface area contributed by atoms with Crippen molar-refractivity contribution in [2.75, 3.05) is 6.54 Å². The Morgan fingerprint density at radius 2 is 2.05 bits per heavy atom. The van der Waals surface area contributed by atoms with Crippen LogP contribution >= 0.6 is 15.9 Å². The number of carbonyl (C=O) groups is 2. The van der Waals surface area contributed by atoms with Crippen LogP contribution in [0.1, 0.15) is 41.6 Å². The molecule has 0 aromatic heterocycles. The molecule has 0 spiro atoms. The van der Waals surface area contributed by atoms with E-state index >= 15 is 0 Å². The van der Waals surface area contributed by atoms with E-state index in [4.69, 9.17) is 0 Å². The van der Waals surface area contributed by atoms with E-state index in [0.29, 0.717) is 18.2 Å². The number of benzene rings is 1. The smallest absolute Gasteiger partial charge is 0.255 e. The van der Waals surface area contributed by atoms with Gasteiger partial charge in [-0.25, -0.2) is 0 Å². The number of carbonyl (C=O) groups excluding carboxylic acids is 2.